The maximum Gasteiger partial charge on any atom is 0.410 e. The third-order valence-corrected chi connectivity index (χ3v) is 3.87. The second kappa shape index (κ2) is 5.53. The third-order valence-electron chi connectivity index (χ3n) is 3.87. The molecule has 2 unspecified atom stereocenters. The lowest BCUT2D eigenvalue weighted by molar-refractivity contribution is -0.142. The van der Waals surface area contributed by atoms with Crippen molar-refractivity contribution in [2.75, 3.05) is 13.1 Å². The van der Waals surface area contributed by atoms with E-state index in [1.165, 1.54) is 0 Å². The Bertz CT molecular complexity index is 502. The molecule has 0 aromatic heterocycles. The maximum atomic E-state index is 12.0. The molecule has 1 aromatic carbocycles. The van der Waals surface area contributed by atoms with Crippen LogP contribution in [0, 0.1) is 5.92 Å². The van der Waals surface area contributed by atoms with Crippen LogP contribution in [0.4, 0.5) is 4.79 Å². The Morgan fingerprint density at radius 2 is 2.15 bits per heavy atom. The van der Waals surface area contributed by atoms with Gasteiger partial charge in [0.05, 0.1) is 13.0 Å². The fraction of sp³-hybridized carbons (Fsp3) is 0.467. The molecule has 2 heterocycles. The molecule has 5 nitrogen and oxygen atoms in total. The summed E-state index contributed by atoms with van der Waals surface area (Å²) in [6.45, 7) is 1.35. The van der Waals surface area contributed by atoms with E-state index in [-0.39, 0.29) is 30.7 Å². The summed E-state index contributed by atoms with van der Waals surface area (Å²) >= 11 is 0. The van der Waals surface area contributed by atoms with E-state index in [2.05, 4.69) is 0 Å². The Balaban J connectivity index is 1.52. The van der Waals surface area contributed by atoms with E-state index in [0.717, 1.165) is 12.0 Å². The largest absolute Gasteiger partial charge is 0.460 e. The second-order valence-electron chi connectivity index (χ2n) is 5.27. The van der Waals surface area contributed by atoms with Crippen molar-refractivity contribution in [2.24, 2.45) is 5.92 Å². The van der Waals surface area contributed by atoms with Crippen LogP contribution < -0.4 is 0 Å². The highest BCUT2D eigenvalue weighted by Gasteiger charge is 2.40. The molecule has 2 saturated heterocycles. The van der Waals surface area contributed by atoms with Gasteiger partial charge >= 0.3 is 12.1 Å². The molecule has 20 heavy (non-hydrogen) atoms. The number of esters is 1. The van der Waals surface area contributed by atoms with Crippen molar-refractivity contribution in [1.29, 1.82) is 0 Å². The molecule has 0 radical (unpaired) electrons. The van der Waals surface area contributed by atoms with Crippen LogP contribution in [0.1, 0.15) is 18.4 Å². The number of ether oxygens (including phenoxy) is 2. The first-order valence-electron chi connectivity index (χ1n) is 6.87. The number of hydrogen-bond donors (Lipinski definition) is 0. The number of carbonyl (C=O) groups is 2. The summed E-state index contributed by atoms with van der Waals surface area (Å²) < 4.78 is 10.5. The van der Waals surface area contributed by atoms with E-state index < -0.39 is 0 Å². The number of rotatable bonds is 2. The van der Waals surface area contributed by atoms with Gasteiger partial charge in [-0.25, -0.2) is 4.79 Å². The van der Waals surface area contributed by atoms with Crippen molar-refractivity contribution in [3.8, 4) is 0 Å². The summed E-state index contributed by atoms with van der Waals surface area (Å²) in [5, 5.41) is 0. The minimum atomic E-state index is -0.338. The van der Waals surface area contributed by atoms with Gasteiger partial charge in [-0.3, -0.25) is 4.79 Å². The van der Waals surface area contributed by atoms with E-state index in [4.69, 9.17) is 9.47 Å². The Kier molecular flexibility index (Phi) is 3.58. The molecule has 2 aliphatic heterocycles. The monoisotopic (exact) mass is 275 g/mol. The van der Waals surface area contributed by atoms with E-state index in [1.807, 2.05) is 30.3 Å². The second-order valence-corrected chi connectivity index (χ2v) is 5.27. The first-order valence-corrected chi connectivity index (χ1v) is 6.87. The van der Waals surface area contributed by atoms with Crippen LogP contribution in [0.3, 0.4) is 0 Å². The van der Waals surface area contributed by atoms with Crippen LogP contribution >= 0.6 is 0 Å². The summed E-state index contributed by atoms with van der Waals surface area (Å²) in [5.74, 6) is 0.111. The number of nitrogens with zero attached hydrogens (tertiary/aromatic N) is 1. The fourth-order valence-corrected chi connectivity index (χ4v) is 2.74. The topological polar surface area (TPSA) is 55.8 Å². The molecule has 2 atom stereocenters. The lowest BCUT2D eigenvalue weighted by Gasteiger charge is -2.32. The minimum absolute atomic E-state index is 0.152. The summed E-state index contributed by atoms with van der Waals surface area (Å²) in [5.41, 5.74) is 0.961. The van der Waals surface area contributed by atoms with Crippen LogP contribution in [0.2, 0.25) is 0 Å². The molecule has 3 rings (SSSR count). The summed E-state index contributed by atoms with van der Waals surface area (Å²) in [4.78, 5) is 24.9. The molecule has 1 amide bonds. The zero-order valence-corrected chi connectivity index (χ0v) is 11.2. The number of hydrogen-bond acceptors (Lipinski definition) is 4. The van der Waals surface area contributed by atoms with Gasteiger partial charge in [-0.2, -0.15) is 0 Å². The average Bonchev–Trinajstić information content (AvgIpc) is 2.85. The lowest BCUT2D eigenvalue weighted by atomic mass is 9.93. The van der Waals surface area contributed by atoms with Crippen molar-refractivity contribution in [1.82, 2.24) is 4.90 Å². The first-order chi connectivity index (χ1) is 9.72. The predicted molar refractivity (Wildman–Crippen MR) is 70.8 cm³/mol. The molecule has 0 N–H and O–H groups in total. The van der Waals surface area contributed by atoms with Gasteiger partial charge in [0, 0.05) is 12.5 Å². The van der Waals surface area contributed by atoms with Gasteiger partial charge in [0.25, 0.3) is 0 Å². The smallest absolute Gasteiger partial charge is 0.410 e. The van der Waals surface area contributed by atoms with E-state index in [9.17, 15) is 9.59 Å². The molecule has 0 aliphatic carbocycles. The van der Waals surface area contributed by atoms with Crippen molar-refractivity contribution >= 4 is 12.1 Å². The number of fused-ring (bicyclic) bond motifs is 1. The van der Waals surface area contributed by atoms with Crippen molar-refractivity contribution in [3.63, 3.8) is 0 Å². The molecule has 1 aromatic rings. The Morgan fingerprint density at radius 3 is 2.95 bits per heavy atom. The van der Waals surface area contributed by atoms with Crippen LogP contribution in [-0.4, -0.2) is 36.2 Å². The summed E-state index contributed by atoms with van der Waals surface area (Å²) in [6.07, 6.45) is 0.796. The predicted octanol–water partition coefficient (Wildman–Crippen LogP) is 1.96. The van der Waals surface area contributed by atoms with Crippen molar-refractivity contribution < 1.29 is 19.1 Å². The Morgan fingerprint density at radius 1 is 1.35 bits per heavy atom. The highest BCUT2D eigenvalue weighted by Crippen LogP contribution is 2.30. The van der Waals surface area contributed by atoms with Gasteiger partial charge in [0.15, 0.2) is 0 Å². The molecule has 2 fully saturated rings. The zero-order valence-electron chi connectivity index (χ0n) is 11.2. The minimum Gasteiger partial charge on any atom is -0.460 e. The standard InChI is InChI=1S/C15H17NO4/c17-14-8-12-6-7-16(9-13(12)20-14)15(18)19-10-11-4-2-1-3-5-11/h1-5,12-13H,6-10H2. The molecule has 0 bridgehead atoms. The van der Waals surface area contributed by atoms with Gasteiger partial charge < -0.3 is 14.4 Å². The van der Waals surface area contributed by atoms with Gasteiger partial charge in [0.1, 0.15) is 12.7 Å². The van der Waals surface area contributed by atoms with Crippen LogP contribution in [-0.2, 0) is 20.9 Å². The number of carbonyl (C=O) groups excluding carboxylic acids is 2. The van der Waals surface area contributed by atoms with Gasteiger partial charge in [0.2, 0.25) is 0 Å². The molecule has 5 heteroatoms. The zero-order chi connectivity index (χ0) is 13.9. The van der Waals surface area contributed by atoms with Gasteiger partial charge in [-0.1, -0.05) is 30.3 Å². The molecule has 106 valence electrons. The fourth-order valence-electron chi connectivity index (χ4n) is 2.74. The quantitative estimate of drug-likeness (QED) is 0.774. The van der Waals surface area contributed by atoms with E-state index >= 15 is 0 Å². The number of piperidine rings is 1. The number of benzene rings is 1. The molecular formula is C15H17NO4. The Hall–Kier alpha value is -2.04. The van der Waals surface area contributed by atoms with Gasteiger partial charge in [-0.15, -0.1) is 0 Å². The summed E-state index contributed by atoms with van der Waals surface area (Å²) in [6, 6.07) is 9.57. The first kappa shape index (κ1) is 13.0. The molecular weight excluding hydrogens is 258 g/mol. The number of amides is 1. The molecule has 2 aliphatic rings. The highest BCUT2D eigenvalue weighted by molar-refractivity contribution is 5.73. The third kappa shape index (κ3) is 2.76. The van der Waals surface area contributed by atoms with Crippen molar-refractivity contribution in [2.45, 2.75) is 25.6 Å². The maximum absolute atomic E-state index is 12.0. The summed E-state index contributed by atoms with van der Waals surface area (Å²) in [7, 11) is 0. The Labute approximate surface area is 117 Å². The molecule has 0 spiro atoms. The SMILES string of the molecule is O=C1CC2CCN(C(=O)OCc3ccccc3)CC2O1. The van der Waals surface area contributed by atoms with Crippen LogP contribution in [0.15, 0.2) is 30.3 Å². The molecule has 0 saturated carbocycles. The highest BCUT2D eigenvalue weighted by atomic mass is 16.6. The van der Waals surface area contributed by atoms with Gasteiger partial charge in [-0.05, 0) is 12.0 Å². The lowest BCUT2D eigenvalue weighted by Crippen LogP contribution is -2.45. The van der Waals surface area contributed by atoms with E-state index in [1.54, 1.807) is 4.90 Å². The van der Waals surface area contributed by atoms with Crippen LogP contribution in [0.5, 0.6) is 0 Å². The van der Waals surface area contributed by atoms with Crippen molar-refractivity contribution in [3.05, 3.63) is 35.9 Å². The van der Waals surface area contributed by atoms with Crippen LogP contribution in [0.25, 0.3) is 0 Å². The normalized spacial score (nSPS) is 25.0. The average molecular weight is 275 g/mol. The number of likely N-dealkylation sites (tertiary alicyclic amines) is 1. The van der Waals surface area contributed by atoms with E-state index in [0.29, 0.717) is 19.5 Å².